The van der Waals surface area contributed by atoms with Gasteiger partial charge in [-0.1, -0.05) is 25.0 Å². The van der Waals surface area contributed by atoms with Crippen molar-refractivity contribution >= 4 is 17.3 Å². The van der Waals surface area contributed by atoms with Crippen LogP contribution in [0.2, 0.25) is 0 Å². The normalized spacial score (nSPS) is 21.6. The third-order valence-corrected chi connectivity index (χ3v) is 7.16. The Kier molecular flexibility index (Phi) is 5.26. The maximum atomic E-state index is 5.90. The van der Waals surface area contributed by atoms with Gasteiger partial charge in [-0.2, -0.15) is 0 Å². The van der Waals surface area contributed by atoms with Gasteiger partial charge in [0.1, 0.15) is 5.82 Å². The number of aromatic nitrogens is 3. The van der Waals surface area contributed by atoms with Crippen molar-refractivity contribution in [2.45, 2.75) is 64.6 Å². The highest BCUT2D eigenvalue weighted by Crippen LogP contribution is 2.44. The summed E-state index contributed by atoms with van der Waals surface area (Å²) < 4.78 is 2.29. The van der Waals surface area contributed by atoms with Crippen LogP contribution in [0.3, 0.4) is 0 Å². The fraction of sp³-hybridized carbons (Fsp3) is 0.400. The zero-order valence-electron chi connectivity index (χ0n) is 18.4. The van der Waals surface area contributed by atoms with Gasteiger partial charge < -0.3 is 14.8 Å². The van der Waals surface area contributed by atoms with Gasteiger partial charge in [-0.15, -0.1) is 0 Å². The van der Waals surface area contributed by atoms with Gasteiger partial charge in [-0.3, -0.25) is 4.98 Å². The molecule has 0 radical (unpaired) electrons. The Hall–Kier alpha value is -2.73. The maximum Gasteiger partial charge on any atom is 0.170 e. The van der Waals surface area contributed by atoms with Crippen molar-refractivity contribution in [2.24, 2.45) is 0 Å². The van der Waals surface area contributed by atoms with Crippen LogP contribution in [0, 0.1) is 20.8 Å². The van der Waals surface area contributed by atoms with E-state index in [0.717, 1.165) is 16.6 Å². The van der Waals surface area contributed by atoms with Crippen molar-refractivity contribution in [3.05, 3.63) is 77.0 Å². The van der Waals surface area contributed by atoms with Crippen LogP contribution >= 0.6 is 12.2 Å². The molecule has 0 spiro atoms. The third-order valence-electron chi connectivity index (χ3n) is 6.84. The summed E-state index contributed by atoms with van der Waals surface area (Å²) in [5.41, 5.74) is 5.93. The van der Waals surface area contributed by atoms with E-state index in [0.29, 0.717) is 6.04 Å². The number of nitrogens with one attached hydrogen (secondary N) is 1. The highest BCUT2D eigenvalue weighted by molar-refractivity contribution is 7.80. The Morgan fingerprint density at radius 1 is 1.00 bits per heavy atom. The van der Waals surface area contributed by atoms with Gasteiger partial charge in [-0.05, 0) is 81.2 Å². The molecule has 3 aromatic rings. The molecule has 1 aliphatic heterocycles. The lowest BCUT2D eigenvalue weighted by Crippen LogP contribution is -2.37. The summed E-state index contributed by atoms with van der Waals surface area (Å²) in [4.78, 5) is 11.9. The van der Waals surface area contributed by atoms with Crippen LogP contribution in [0.5, 0.6) is 0 Å². The molecule has 1 saturated heterocycles. The molecule has 1 N–H and O–H groups in total. The molecule has 31 heavy (non-hydrogen) atoms. The molecule has 0 unspecified atom stereocenters. The average Bonchev–Trinajstić information content (AvgIpc) is 3.47. The van der Waals surface area contributed by atoms with E-state index >= 15 is 0 Å². The molecule has 1 saturated carbocycles. The van der Waals surface area contributed by atoms with Gasteiger partial charge in [0.05, 0.1) is 17.8 Å². The fourth-order valence-corrected chi connectivity index (χ4v) is 5.79. The van der Waals surface area contributed by atoms with Crippen LogP contribution in [0.25, 0.3) is 5.82 Å². The Balaban J connectivity index is 1.65. The average molecular weight is 432 g/mol. The zero-order chi connectivity index (χ0) is 21.5. The van der Waals surface area contributed by atoms with Crippen molar-refractivity contribution in [2.75, 3.05) is 0 Å². The molecule has 2 fully saturated rings. The lowest BCUT2D eigenvalue weighted by Gasteiger charge is -2.33. The van der Waals surface area contributed by atoms with Gasteiger partial charge in [0.25, 0.3) is 0 Å². The van der Waals surface area contributed by atoms with E-state index in [1.807, 2.05) is 24.5 Å². The molecule has 4 heterocycles. The van der Waals surface area contributed by atoms with E-state index in [-0.39, 0.29) is 12.1 Å². The van der Waals surface area contributed by atoms with E-state index < -0.39 is 0 Å². The van der Waals surface area contributed by atoms with E-state index in [9.17, 15) is 0 Å². The summed E-state index contributed by atoms with van der Waals surface area (Å²) in [5.74, 6) is 0.999. The second-order valence-electron chi connectivity index (χ2n) is 8.78. The molecule has 2 aliphatic rings. The largest absolute Gasteiger partial charge is 0.352 e. The molecular weight excluding hydrogens is 402 g/mol. The lowest BCUT2D eigenvalue weighted by molar-refractivity contribution is 0.245. The van der Waals surface area contributed by atoms with E-state index in [1.54, 1.807) is 0 Å². The van der Waals surface area contributed by atoms with Crippen LogP contribution in [0.4, 0.5) is 0 Å². The third kappa shape index (κ3) is 3.43. The Morgan fingerprint density at radius 2 is 1.77 bits per heavy atom. The number of rotatable bonds is 4. The smallest absolute Gasteiger partial charge is 0.170 e. The van der Waals surface area contributed by atoms with Gasteiger partial charge in [0, 0.05) is 29.8 Å². The summed E-state index contributed by atoms with van der Waals surface area (Å²) in [5, 5.41) is 4.48. The molecule has 6 heteroatoms. The van der Waals surface area contributed by atoms with Crippen LogP contribution in [0.15, 0.2) is 48.8 Å². The number of thiocarbonyl (C=S) groups is 1. The molecule has 0 aromatic carbocycles. The first-order valence-corrected chi connectivity index (χ1v) is 11.6. The number of hydrogen-bond acceptors (Lipinski definition) is 3. The summed E-state index contributed by atoms with van der Waals surface area (Å²) in [6, 6.07) is 13.2. The van der Waals surface area contributed by atoms with Gasteiger partial charge in [0.2, 0.25) is 0 Å². The molecule has 5 nitrogen and oxygen atoms in total. The SMILES string of the molecule is Cc1cccnc1-n1c(C)cc([C@@H]2[C@@H](c3ccccn3)NC(=S)N2C2CCCC2)c1C. The maximum absolute atomic E-state index is 5.90. The molecule has 5 rings (SSSR count). The molecule has 3 aromatic heterocycles. The second-order valence-corrected chi connectivity index (χ2v) is 9.16. The first-order chi connectivity index (χ1) is 15.1. The predicted octanol–water partition coefficient (Wildman–Crippen LogP) is 5.11. The highest BCUT2D eigenvalue weighted by Gasteiger charge is 2.44. The number of hydrogen-bond donors (Lipinski definition) is 1. The second kappa shape index (κ2) is 8.08. The predicted molar refractivity (Wildman–Crippen MR) is 127 cm³/mol. The topological polar surface area (TPSA) is 46.0 Å². The van der Waals surface area contributed by atoms with Crippen molar-refractivity contribution in [3.63, 3.8) is 0 Å². The molecule has 160 valence electrons. The molecule has 0 amide bonds. The summed E-state index contributed by atoms with van der Waals surface area (Å²) in [6.07, 6.45) is 8.69. The van der Waals surface area contributed by atoms with Crippen LogP contribution in [-0.2, 0) is 0 Å². The monoisotopic (exact) mass is 431 g/mol. The summed E-state index contributed by atoms with van der Waals surface area (Å²) >= 11 is 5.90. The first kappa shape index (κ1) is 20.2. The minimum atomic E-state index is 0.0353. The number of pyridine rings is 2. The molecule has 2 atom stereocenters. The Morgan fingerprint density at radius 3 is 2.48 bits per heavy atom. The van der Waals surface area contributed by atoms with Gasteiger partial charge in [0.15, 0.2) is 5.11 Å². The lowest BCUT2D eigenvalue weighted by atomic mass is 9.95. The standard InChI is InChI=1S/C25H29N5S/c1-16-9-8-14-27-24(16)29-17(2)15-20(18(29)3)23-22(21-12-6-7-13-26-21)28-25(31)30(23)19-10-4-5-11-19/h6-9,12-15,19,22-23H,4-5,10-11H2,1-3H3,(H,28,31)/t22-,23-/m1/s1. The quantitative estimate of drug-likeness (QED) is 0.582. The van der Waals surface area contributed by atoms with E-state index in [2.05, 4.69) is 59.8 Å². The minimum Gasteiger partial charge on any atom is -0.352 e. The van der Waals surface area contributed by atoms with E-state index in [4.69, 9.17) is 22.2 Å². The minimum absolute atomic E-state index is 0.0353. The van der Waals surface area contributed by atoms with E-state index in [1.165, 1.54) is 48.2 Å². The summed E-state index contributed by atoms with van der Waals surface area (Å²) in [6.45, 7) is 6.50. The number of aryl methyl sites for hydroxylation is 2. The zero-order valence-corrected chi connectivity index (χ0v) is 19.2. The van der Waals surface area contributed by atoms with Crippen LogP contribution in [0.1, 0.15) is 66.0 Å². The summed E-state index contributed by atoms with van der Waals surface area (Å²) in [7, 11) is 0. The van der Waals surface area contributed by atoms with Crippen molar-refractivity contribution < 1.29 is 0 Å². The van der Waals surface area contributed by atoms with Gasteiger partial charge >= 0.3 is 0 Å². The Bertz CT molecular complexity index is 1100. The van der Waals surface area contributed by atoms with Gasteiger partial charge in [-0.25, -0.2) is 4.98 Å². The number of nitrogens with zero attached hydrogens (tertiary/aromatic N) is 4. The molecule has 0 bridgehead atoms. The van der Waals surface area contributed by atoms with Crippen LogP contribution in [-0.4, -0.2) is 30.6 Å². The molecular formula is C25H29N5S. The van der Waals surface area contributed by atoms with Crippen molar-refractivity contribution in [1.29, 1.82) is 0 Å². The highest BCUT2D eigenvalue weighted by atomic mass is 32.1. The van der Waals surface area contributed by atoms with Crippen LogP contribution < -0.4 is 5.32 Å². The van der Waals surface area contributed by atoms with Crippen molar-refractivity contribution in [3.8, 4) is 5.82 Å². The van der Waals surface area contributed by atoms with Crippen molar-refractivity contribution in [1.82, 2.24) is 24.8 Å². The Labute approximate surface area is 189 Å². The molecule has 1 aliphatic carbocycles. The first-order valence-electron chi connectivity index (χ1n) is 11.2. The fourth-order valence-electron chi connectivity index (χ4n) is 5.40.